The number of hydrogen-bond acceptors (Lipinski definition) is 9. The Morgan fingerprint density at radius 3 is 2.22 bits per heavy atom. The third-order valence-corrected chi connectivity index (χ3v) is 8.32. The predicted molar refractivity (Wildman–Crippen MR) is 148 cm³/mol. The summed E-state index contributed by atoms with van der Waals surface area (Å²) in [6, 6.07) is 15.9. The maximum atomic E-state index is 13.4. The van der Waals surface area contributed by atoms with E-state index in [1.165, 1.54) is 56.1 Å². The van der Waals surface area contributed by atoms with E-state index in [4.69, 9.17) is 14.2 Å². The highest BCUT2D eigenvalue weighted by atomic mass is 32.2. The molecule has 4 aromatic rings. The third-order valence-electron chi connectivity index (χ3n) is 6.44. The first-order valence-corrected chi connectivity index (χ1v) is 13.7. The van der Waals surface area contributed by atoms with Gasteiger partial charge in [0.1, 0.15) is 17.5 Å². The Balaban J connectivity index is 1.59. The Morgan fingerprint density at radius 1 is 1.00 bits per heavy atom. The average Bonchev–Trinajstić information content (AvgIpc) is 2.98. The SMILES string of the molecule is COc1cc2[nH]c(=O)n(CCC(C(=O)NO)N(C)S(=O)(=O)c3ccc(Oc4ccccc4)cc3)c(=O)c2cc1OC. The summed E-state index contributed by atoms with van der Waals surface area (Å²) in [4.78, 5) is 40.9. The van der Waals surface area contributed by atoms with Gasteiger partial charge < -0.3 is 19.2 Å². The van der Waals surface area contributed by atoms with Crippen molar-refractivity contribution in [3.8, 4) is 23.0 Å². The maximum Gasteiger partial charge on any atom is 0.328 e. The number of nitrogens with zero attached hydrogens (tertiary/aromatic N) is 2. The molecule has 14 heteroatoms. The molecular formula is C27H28N4O9S. The number of aromatic amines is 1. The molecule has 1 aromatic heterocycles. The highest BCUT2D eigenvalue weighted by molar-refractivity contribution is 7.89. The van der Waals surface area contributed by atoms with Crippen LogP contribution in [0.15, 0.2) is 81.2 Å². The van der Waals surface area contributed by atoms with Gasteiger partial charge in [0, 0.05) is 19.7 Å². The van der Waals surface area contributed by atoms with Crippen molar-refractivity contribution in [3.05, 3.63) is 87.6 Å². The first kappa shape index (κ1) is 29.3. The number of carbonyl (C=O) groups excluding carboxylic acids is 1. The molecule has 1 atom stereocenters. The Hall–Kier alpha value is -4.66. The number of likely N-dealkylation sites (N-methyl/N-ethyl adjacent to an activating group) is 1. The molecule has 0 aliphatic rings. The quantitative estimate of drug-likeness (QED) is 0.176. The number of hydroxylamine groups is 1. The first-order valence-electron chi connectivity index (χ1n) is 12.2. The van der Waals surface area contributed by atoms with Crippen LogP contribution in [0.1, 0.15) is 6.42 Å². The summed E-state index contributed by atoms with van der Waals surface area (Å²) in [5, 5.41) is 9.44. The first-order chi connectivity index (χ1) is 19.6. The lowest BCUT2D eigenvalue weighted by Gasteiger charge is -2.26. The Morgan fingerprint density at radius 2 is 1.61 bits per heavy atom. The van der Waals surface area contributed by atoms with Crippen LogP contribution in [0.4, 0.5) is 0 Å². The molecule has 0 fully saturated rings. The molecule has 0 spiro atoms. The molecule has 3 aromatic carbocycles. The molecule has 13 nitrogen and oxygen atoms in total. The molecule has 0 radical (unpaired) electrons. The van der Waals surface area contributed by atoms with Crippen molar-refractivity contribution < 1.29 is 32.6 Å². The standard InChI is InChI=1S/C27H28N4O9S/c1-30(41(36,37)19-11-9-18(10-12-19)40-17-7-5-4-6-8-17)22(25(32)29-35)13-14-31-26(33)20-15-23(38-2)24(39-3)16-21(20)28-27(31)34/h4-12,15-16,22,35H,13-14H2,1-3H3,(H,28,34)(H,29,32). The van der Waals surface area contributed by atoms with Crippen LogP contribution in [-0.2, 0) is 21.4 Å². The van der Waals surface area contributed by atoms with Gasteiger partial charge in [-0.2, -0.15) is 4.31 Å². The fourth-order valence-corrected chi connectivity index (χ4v) is 5.57. The molecule has 1 amide bonds. The van der Waals surface area contributed by atoms with Crippen LogP contribution in [-0.4, -0.2) is 60.7 Å². The van der Waals surface area contributed by atoms with Crippen LogP contribution in [0.2, 0.25) is 0 Å². The minimum atomic E-state index is -4.26. The lowest BCUT2D eigenvalue weighted by Crippen LogP contribution is -2.48. The smallest absolute Gasteiger partial charge is 0.328 e. The predicted octanol–water partition coefficient (Wildman–Crippen LogP) is 2.08. The molecule has 41 heavy (non-hydrogen) atoms. The summed E-state index contributed by atoms with van der Waals surface area (Å²) in [6.07, 6.45) is -0.320. The molecule has 0 bridgehead atoms. The van der Waals surface area contributed by atoms with Crippen molar-refractivity contribution in [1.29, 1.82) is 0 Å². The molecule has 4 rings (SSSR count). The number of nitrogens with one attached hydrogen (secondary N) is 2. The van der Waals surface area contributed by atoms with Crippen molar-refractivity contribution in [1.82, 2.24) is 19.3 Å². The summed E-state index contributed by atoms with van der Waals surface area (Å²) in [5.41, 5.74) is 0.199. The van der Waals surface area contributed by atoms with Crippen LogP contribution in [0.5, 0.6) is 23.0 Å². The fraction of sp³-hybridized carbons (Fsp3) is 0.222. The molecular weight excluding hydrogens is 556 g/mol. The van der Waals surface area contributed by atoms with Gasteiger partial charge in [-0.05, 0) is 48.9 Å². The van der Waals surface area contributed by atoms with Gasteiger partial charge >= 0.3 is 5.69 Å². The van der Waals surface area contributed by atoms with Crippen LogP contribution in [0.25, 0.3) is 10.9 Å². The Labute approximate surface area is 234 Å². The minimum Gasteiger partial charge on any atom is -0.493 e. The molecule has 0 saturated heterocycles. The van der Waals surface area contributed by atoms with Gasteiger partial charge in [0.2, 0.25) is 10.0 Å². The summed E-state index contributed by atoms with van der Waals surface area (Å²) >= 11 is 0. The molecule has 0 saturated carbocycles. The van der Waals surface area contributed by atoms with Gasteiger partial charge in [0.15, 0.2) is 11.5 Å². The topological polar surface area (TPSA) is 169 Å². The lowest BCUT2D eigenvalue weighted by atomic mass is 10.2. The fourth-order valence-electron chi connectivity index (χ4n) is 4.22. The van der Waals surface area contributed by atoms with E-state index in [0.29, 0.717) is 17.2 Å². The number of benzene rings is 3. The van der Waals surface area contributed by atoms with Crippen molar-refractivity contribution in [2.45, 2.75) is 23.9 Å². The molecule has 0 aliphatic carbocycles. The van der Waals surface area contributed by atoms with Gasteiger partial charge in [-0.25, -0.2) is 18.7 Å². The second-order valence-corrected chi connectivity index (χ2v) is 10.8. The summed E-state index contributed by atoms with van der Waals surface area (Å²) in [7, 11) is -0.292. The number of carbonyl (C=O) groups is 1. The van der Waals surface area contributed by atoms with E-state index < -0.39 is 33.2 Å². The van der Waals surface area contributed by atoms with E-state index >= 15 is 0 Å². The van der Waals surface area contributed by atoms with Crippen molar-refractivity contribution in [2.75, 3.05) is 21.3 Å². The number of fused-ring (bicyclic) bond motifs is 1. The Bertz CT molecular complexity index is 1770. The average molecular weight is 585 g/mol. The van der Waals surface area contributed by atoms with E-state index in [9.17, 15) is 28.0 Å². The van der Waals surface area contributed by atoms with Crippen molar-refractivity contribution in [2.24, 2.45) is 0 Å². The van der Waals surface area contributed by atoms with Crippen molar-refractivity contribution >= 4 is 26.8 Å². The van der Waals surface area contributed by atoms with E-state index in [-0.39, 0.29) is 34.5 Å². The number of sulfonamides is 1. The highest BCUT2D eigenvalue weighted by Crippen LogP contribution is 2.30. The number of H-pyrrole nitrogens is 1. The normalized spacial score (nSPS) is 12.2. The van der Waals surface area contributed by atoms with Crippen LogP contribution < -0.4 is 30.9 Å². The monoisotopic (exact) mass is 584 g/mol. The summed E-state index contributed by atoms with van der Waals surface area (Å²) in [6.45, 7) is -0.347. The zero-order valence-corrected chi connectivity index (χ0v) is 23.2. The van der Waals surface area contributed by atoms with Crippen LogP contribution >= 0.6 is 0 Å². The number of ether oxygens (including phenoxy) is 3. The largest absolute Gasteiger partial charge is 0.493 e. The van der Waals surface area contributed by atoms with Crippen molar-refractivity contribution in [3.63, 3.8) is 0 Å². The third kappa shape index (κ3) is 6.09. The maximum absolute atomic E-state index is 13.4. The van der Waals surface area contributed by atoms with E-state index in [2.05, 4.69) is 4.98 Å². The second kappa shape index (κ2) is 12.2. The molecule has 1 unspecified atom stereocenters. The molecule has 216 valence electrons. The van der Waals surface area contributed by atoms with Gasteiger partial charge in [-0.15, -0.1) is 0 Å². The van der Waals surface area contributed by atoms with E-state index in [0.717, 1.165) is 15.9 Å². The summed E-state index contributed by atoms with van der Waals surface area (Å²) < 4.78 is 44.5. The minimum absolute atomic E-state index is 0.115. The number of para-hydroxylation sites is 1. The highest BCUT2D eigenvalue weighted by Gasteiger charge is 2.33. The van der Waals surface area contributed by atoms with E-state index in [1.807, 2.05) is 6.07 Å². The number of methoxy groups -OCH3 is 2. The van der Waals surface area contributed by atoms with Gasteiger partial charge in [0.25, 0.3) is 11.5 Å². The second-order valence-electron chi connectivity index (χ2n) is 8.83. The van der Waals surface area contributed by atoms with Gasteiger partial charge in [0.05, 0.1) is 30.0 Å². The number of amides is 1. The molecule has 1 heterocycles. The van der Waals surface area contributed by atoms with Gasteiger partial charge in [-0.3, -0.25) is 19.4 Å². The van der Waals surface area contributed by atoms with Gasteiger partial charge in [-0.1, -0.05) is 18.2 Å². The lowest BCUT2D eigenvalue weighted by molar-refractivity contribution is -0.133. The zero-order valence-electron chi connectivity index (χ0n) is 22.4. The molecule has 3 N–H and O–H groups in total. The summed E-state index contributed by atoms with van der Waals surface area (Å²) in [5.74, 6) is 0.484. The van der Waals surface area contributed by atoms with E-state index in [1.54, 1.807) is 24.3 Å². The molecule has 0 aliphatic heterocycles. The van der Waals surface area contributed by atoms with Crippen LogP contribution in [0, 0.1) is 0 Å². The Kier molecular flexibility index (Phi) is 8.76. The number of aromatic nitrogens is 2. The number of rotatable bonds is 11. The van der Waals surface area contributed by atoms with Crippen LogP contribution in [0.3, 0.4) is 0 Å². The number of hydrogen-bond donors (Lipinski definition) is 3. The zero-order chi connectivity index (χ0) is 29.7.